The van der Waals surface area contributed by atoms with Crippen molar-refractivity contribution < 1.29 is 27.1 Å². The van der Waals surface area contributed by atoms with E-state index in [0.29, 0.717) is 30.2 Å². The third-order valence-corrected chi connectivity index (χ3v) is 7.06. The Kier molecular flexibility index (Phi) is 7.80. The first-order chi connectivity index (χ1) is 19.2. The monoisotopic (exact) mass is 573 g/mol. The second-order valence-corrected chi connectivity index (χ2v) is 9.72. The van der Waals surface area contributed by atoms with Crippen LogP contribution in [0.1, 0.15) is 15.4 Å². The van der Waals surface area contributed by atoms with Gasteiger partial charge in [-0.25, -0.2) is 19.3 Å². The number of nitrogens with one attached hydrogen (secondary N) is 3. The summed E-state index contributed by atoms with van der Waals surface area (Å²) in [6.07, 6.45) is -2.65. The first-order valence-electron chi connectivity index (χ1n) is 12.1. The second kappa shape index (κ2) is 11.4. The minimum Gasteiger partial charge on any atom is -0.497 e. The molecule has 5 rings (SSSR count). The van der Waals surface area contributed by atoms with Crippen LogP contribution in [0.25, 0.3) is 10.6 Å². The van der Waals surface area contributed by atoms with Crippen LogP contribution in [0.4, 0.5) is 40.6 Å². The molecule has 0 atom stereocenters. The van der Waals surface area contributed by atoms with Crippen molar-refractivity contribution in [2.45, 2.75) is 6.18 Å². The fourth-order valence-electron chi connectivity index (χ4n) is 4.06. The topological polar surface area (TPSA) is 104 Å². The zero-order valence-electron chi connectivity index (χ0n) is 21.1. The number of carbonyl (C=O) groups excluding carboxylic acids is 1. The number of ether oxygens (including phenoxy) is 1. The summed E-state index contributed by atoms with van der Waals surface area (Å²) in [4.78, 5) is 26.4. The van der Waals surface area contributed by atoms with Crippen LogP contribution >= 0.6 is 11.3 Å². The lowest BCUT2D eigenvalue weighted by molar-refractivity contribution is -0.140. The van der Waals surface area contributed by atoms with E-state index < -0.39 is 23.6 Å². The van der Waals surface area contributed by atoms with E-state index in [9.17, 15) is 22.4 Å². The Balaban J connectivity index is 1.33. The molecule has 3 heterocycles. The average Bonchev–Trinajstić information content (AvgIpc) is 3.44. The minimum absolute atomic E-state index is 0.0372. The Labute approximate surface area is 230 Å². The largest absolute Gasteiger partial charge is 0.497 e. The molecular formula is C26H23F4N7O2S. The summed E-state index contributed by atoms with van der Waals surface area (Å²) >= 11 is 0.741. The van der Waals surface area contributed by atoms with E-state index in [2.05, 4.69) is 30.9 Å². The van der Waals surface area contributed by atoms with Crippen molar-refractivity contribution in [1.29, 1.82) is 0 Å². The Hall–Kier alpha value is -4.30. The van der Waals surface area contributed by atoms with Crippen LogP contribution in [0.15, 0.2) is 54.9 Å². The number of methoxy groups -OCH3 is 1. The molecule has 1 amide bonds. The maximum absolute atomic E-state index is 14.7. The van der Waals surface area contributed by atoms with Gasteiger partial charge in [0.15, 0.2) is 5.69 Å². The molecule has 0 aliphatic carbocycles. The van der Waals surface area contributed by atoms with Crippen LogP contribution < -0.4 is 25.6 Å². The summed E-state index contributed by atoms with van der Waals surface area (Å²) in [6, 6.07) is 10.9. The molecule has 1 aliphatic rings. The number of hydrogen-bond donors (Lipinski definition) is 3. The molecule has 3 N–H and O–H groups in total. The minimum atomic E-state index is -4.81. The first kappa shape index (κ1) is 27.3. The van der Waals surface area contributed by atoms with Gasteiger partial charge >= 0.3 is 6.18 Å². The molecule has 40 heavy (non-hydrogen) atoms. The maximum atomic E-state index is 14.7. The van der Waals surface area contributed by atoms with E-state index in [1.54, 1.807) is 36.4 Å². The highest BCUT2D eigenvalue weighted by Gasteiger charge is 2.37. The third-order valence-electron chi connectivity index (χ3n) is 6.03. The lowest BCUT2D eigenvalue weighted by Gasteiger charge is -2.29. The average molecular weight is 574 g/mol. The van der Waals surface area contributed by atoms with E-state index in [1.165, 1.54) is 13.2 Å². The maximum Gasteiger partial charge on any atom is 0.434 e. The molecule has 2 aromatic carbocycles. The molecule has 1 aliphatic heterocycles. The van der Waals surface area contributed by atoms with Gasteiger partial charge in [-0.05, 0) is 42.5 Å². The van der Waals surface area contributed by atoms with Crippen molar-refractivity contribution in [3.05, 3.63) is 71.2 Å². The van der Waals surface area contributed by atoms with E-state index in [1.807, 2.05) is 4.90 Å². The summed E-state index contributed by atoms with van der Waals surface area (Å²) in [5, 5.41) is 8.41. The molecule has 2 aromatic heterocycles. The van der Waals surface area contributed by atoms with Gasteiger partial charge in [-0.2, -0.15) is 13.2 Å². The Morgan fingerprint density at radius 2 is 1.77 bits per heavy atom. The van der Waals surface area contributed by atoms with Crippen LogP contribution in [0.5, 0.6) is 5.75 Å². The SMILES string of the molecule is COc1ccc(Nc2ncc(-c3ncc(C(=O)Nc4ccc(N5CCNCC5)c(F)c4)s3)c(C(F)(F)F)n2)cc1. The summed E-state index contributed by atoms with van der Waals surface area (Å²) in [5.74, 6) is -0.800. The third kappa shape index (κ3) is 6.13. The van der Waals surface area contributed by atoms with E-state index in [-0.39, 0.29) is 27.1 Å². The number of halogens is 4. The van der Waals surface area contributed by atoms with Crippen LogP contribution in [0.3, 0.4) is 0 Å². The van der Waals surface area contributed by atoms with Crippen molar-refractivity contribution in [1.82, 2.24) is 20.3 Å². The summed E-state index contributed by atoms with van der Waals surface area (Å²) in [7, 11) is 1.50. The highest BCUT2D eigenvalue weighted by molar-refractivity contribution is 7.17. The van der Waals surface area contributed by atoms with Crippen molar-refractivity contribution in [2.75, 3.05) is 48.8 Å². The predicted molar refractivity (Wildman–Crippen MR) is 144 cm³/mol. The molecule has 0 bridgehead atoms. The van der Waals surface area contributed by atoms with E-state index in [4.69, 9.17) is 4.74 Å². The van der Waals surface area contributed by atoms with Gasteiger partial charge in [0, 0.05) is 43.8 Å². The lowest BCUT2D eigenvalue weighted by Crippen LogP contribution is -2.43. The zero-order valence-corrected chi connectivity index (χ0v) is 21.9. The normalized spacial score (nSPS) is 13.7. The van der Waals surface area contributed by atoms with Gasteiger partial charge < -0.3 is 25.6 Å². The number of benzene rings is 2. The van der Waals surface area contributed by atoms with Gasteiger partial charge in [0.25, 0.3) is 5.91 Å². The van der Waals surface area contributed by atoms with E-state index >= 15 is 0 Å². The number of amides is 1. The number of alkyl halides is 3. The number of nitrogens with zero attached hydrogens (tertiary/aromatic N) is 4. The predicted octanol–water partition coefficient (Wildman–Crippen LogP) is 5.17. The van der Waals surface area contributed by atoms with Crippen LogP contribution in [-0.2, 0) is 6.18 Å². The van der Waals surface area contributed by atoms with Crippen molar-refractivity contribution in [3.8, 4) is 16.3 Å². The quantitative estimate of drug-likeness (QED) is 0.260. The summed E-state index contributed by atoms with van der Waals surface area (Å²) in [6.45, 7) is 2.81. The van der Waals surface area contributed by atoms with Gasteiger partial charge in [-0.15, -0.1) is 11.3 Å². The number of carbonyl (C=O) groups is 1. The van der Waals surface area contributed by atoms with E-state index in [0.717, 1.165) is 36.8 Å². The Morgan fingerprint density at radius 1 is 1.05 bits per heavy atom. The molecule has 0 radical (unpaired) electrons. The van der Waals surface area contributed by atoms with Gasteiger partial charge in [0.2, 0.25) is 5.95 Å². The van der Waals surface area contributed by atoms with Crippen molar-refractivity contribution >= 4 is 40.3 Å². The molecular weight excluding hydrogens is 550 g/mol. The van der Waals surface area contributed by atoms with Gasteiger partial charge in [0.1, 0.15) is 21.5 Å². The standard InChI is InChI=1S/C26H23F4N7O2S/c1-39-17-5-2-15(3-6-17)35-25-33-13-18(22(36-25)26(28,29)30)24-32-14-21(40-24)23(38)34-16-4-7-20(19(27)12-16)37-10-8-31-9-11-37/h2-7,12-14,31H,8-11H2,1H3,(H,34,38)(H,33,35,36). The number of rotatable bonds is 7. The molecule has 9 nitrogen and oxygen atoms in total. The van der Waals surface area contributed by atoms with Crippen molar-refractivity contribution in [3.63, 3.8) is 0 Å². The van der Waals surface area contributed by atoms with Crippen LogP contribution in [0.2, 0.25) is 0 Å². The molecule has 0 saturated carbocycles. The van der Waals surface area contributed by atoms with Gasteiger partial charge in [-0.3, -0.25) is 4.79 Å². The highest BCUT2D eigenvalue weighted by Crippen LogP contribution is 2.38. The highest BCUT2D eigenvalue weighted by atomic mass is 32.1. The van der Waals surface area contributed by atoms with Crippen molar-refractivity contribution in [2.24, 2.45) is 0 Å². The molecule has 1 fully saturated rings. The Morgan fingerprint density at radius 3 is 2.45 bits per heavy atom. The summed E-state index contributed by atoms with van der Waals surface area (Å²) < 4.78 is 61.6. The number of aromatic nitrogens is 3. The fourth-order valence-corrected chi connectivity index (χ4v) is 4.88. The molecule has 1 saturated heterocycles. The Bertz CT molecular complexity index is 1510. The molecule has 14 heteroatoms. The summed E-state index contributed by atoms with van der Waals surface area (Å²) in [5.41, 5.74) is -0.463. The van der Waals surface area contributed by atoms with Gasteiger partial charge in [0.05, 0.1) is 24.6 Å². The number of piperazine rings is 1. The smallest absolute Gasteiger partial charge is 0.434 e. The zero-order chi connectivity index (χ0) is 28.3. The van der Waals surface area contributed by atoms with Crippen LogP contribution in [-0.4, -0.2) is 54.1 Å². The fraction of sp³-hybridized carbons (Fsp3) is 0.231. The second-order valence-electron chi connectivity index (χ2n) is 8.69. The molecule has 4 aromatic rings. The molecule has 208 valence electrons. The molecule has 0 unspecified atom stereocenters. The lowest BCUT2D eigenvalue weighted by atomic mass is 10.2. The first-order valence-corrected chi connectivity index (χ1v) is 12.9. The van der Waals surface area contributed by atoms with Crippen LogP contribution in [0, 0.1) is 5.82 Å². The number of anilines is 4. The number of hydrogen-bond acceptors (Lipinski definition) is 9. The van der Waals surface area contributed by atoms with Gasteiger partial charge in [-0.1, -0.05) is 0 Å². The molecule has 0 spiro atoms. The number of thiazole rings is 1.